The SMILES string of the molecule is CCC(CC)NC(C)C(=O)Nc1ccc(C(F)(F)F)cc1. The second-order valence-corrected chi connectivity index (χ2v) is 4.97. The molecule has 0 aromatic heterocycles. The molecule has 118 valence electrons. The van der Waals surface area contributed by atoms with E-state index in [4.69, 9.17) is 0 Å². The summed E-state index contributed by atoms with van der Waals surface area (Å²) < 4.78 is 37.3. The third-order valence-corrected chi connectivity index (χ3v) is 3.34. The molecule has 0 radical (unpaired) electrons. The van der Waals surface area contributed by atoms with Gasteiger partial charge in [0, 0.05) is 11.7 Å². The molecule has 1 atom stereocenters. The van der Waals surface area contributed by atoms with E-state index in [-0.39, 0.29) is 11.9 Å². The minimum absolute atomic E-state index is 0.248. The predicted molar refractivity (Wildman–Crippen MR) is 77.0 cm³/mol. The zero-order valence-corrected chi connectivity index (χ0v) is 12.4. The Labute approximate surface area is 122 Å². The fraction of sp³-hybridized carbons (Fsp3) is 0.533. The summed E-state index contributed by atoms with van der Waals surface area (Å²) in [5, 5.41) is 5.79. The molecule has 0 aliphatic heterocycles. The largest absolute Gasteiger partial charge is 0.416 e. The van der Waals surface area contributed by atoms with Gasteiger partial charge in [-0.3, -0.25) is 4.79 Å². The van der Waals surface area contributed by atoms with Crippen LogP contribution in [0.4, 0.5) is 18.9 Å². The number of carbonyl (C=O) groups is 1. The van der Waals surface area contributed by atoms with E-state index in [0.29, 0.717) is 5.69 Å². The molecule has 3 nitrogen and oxygen atoms in total. The lowest BCUT2D eigenvalue weighted by Crippen LogP contribution is -2.43. The van der Waals surface area contributed by atoms with Crippen LogP contribution in [0.1, 0.15) is 39.2 Å². The van der Waals surface area contributed by atoms with Gasteiger partial charge in [0.25, 0.3) is 0 Å². The number of rotatable bonds is 6. The quantitative estimate of drug-likeness (QED) is 0.839. The average molecular weight is 302 g/mol. The lowest BCUT2D eigenvalue weighted by atomic mass is 10.1. The highest BCUT2D eigenvalue weighted by Crippen LogP contribution is 2.29. The second kappa shape index (κ2) is 7.45. The van der Waals surface area contributed by atoms with Crippen LogP contribution in [0.2, 0.25) is 0 Å². The summed E-state index contributed by atoms with van der Waals surface area (Å²) >= 11 is 0. The van der Waals surface area contributed by atoms with Crippen molar-refractivity contribution in [3.8, 4) is 0 Å². The number of halogens is 3. The van der Waals surface area contributed by atoms with Crippen LogP contribution in [0.3, 0.4) is 0 Å². The van der Waals surface area contributed by atoms with Crippen molar-refractivity contribution in [2.24, 2.45) is 0 Å². The number of carbonyl (C=O) groups excluding carboxylic acids is 1. The maximum Gasteiger partial charge on any atom is 0.416 e. The van der Waals surface area contributed by atoms with E-state index in [1.807, 2.05) is 13.8 Å². The van der Waals surface area contributed by atoms with Crippen molar-refractivity contribution in [3.05, 3.63) is 29.8 Å². The molecule has 0 aliphatic carbocycles. The van der Waals surface area contributed by atoms with Crippen LogP contribution in [-0.2, 0) is 11.0 Å². The van der Waals surface area contributed by atoms with Crippen LogP contribution in [0.15, 0.2) is 24.3 Å². The Balaban J connectivity index is 2.62. The highest BCUT2D eigenvalue weighted by Gasteiger charge is 2.30. The van der Waals surface area contributed by atoms with Gasteiger partial charge >= 0.3 is 6.18 Å². The molecule has 0 saturated heterocycles. The summed E-state index contributed by atoms with van der Waals surface area (Å²) in [5.74, 6) is -0.262. The van der Waals surface area contributed by atoms with Gasteiger partial charge in [-0.2, -0.15) is 13.2 Å². The van der Waals surface area contributed by atoms with Crippen LogP contribution in [0.5, 0.6) is 0 Å². The van der Waals surface area contributed by atoms with Crippen LogP contribution < -0.4 is 10.6 Å². The van der Waals surface area contributed by atoms with Gasteiger partial charge < -0.3 is 10.6 Å². The number of hydrogen-bond donors (Lipinski definition) is 2. The van der Waals surface area contributed by atoms with Gasteiger partial charge in [-0.25, -0.2) is 0 Å². The number of alkyl halides is 3. The standard InChI is InChI=1S/C15H21F3N2O/c1-4-12(5-2)19-10(3)14(21)20-13-8-6-11(7-9-13)15(16,17)18/h6-10,12,19H,4-5H2,1-3H3,(H,20,21). The molecule has 0 aliphatic rings. The van der Waals surface area contributed by atoms with Crippen molar-refractivity contribution in [2.45, 2.75) is 51.9 Å². The first-order chi connectivity index (χ1) is 9.77. The zero-order chi connectivity index (χ0) is 16.0. The summed E-state index contributed by atoms with van der Waals surface area (Å²) in [7, 11) is 0. The number of amides is 1. The summed E-state index contributed by atoms with van der Waals surface area (Å²) in [6.07, 6.45) is -2.55. The Bertz CT molecular complexity index is 453. The summed E-state index contributed by atoms with van der Waals surface area (Å²) in [5.41, 5.74) is -0.380. The maximum absolute atomic E-state index is 12.4. The minimum Gasteiger partial charge on any atom is -0.325 e. The third-order valence-electron chi connectivity index (χ3n) is 3.34. The van der Waals surface area contributed by atoms with Crippen LogP contribution in [0, 0.1) is 0 Å². The predicted octanol–water partition coefficient (Wildman–Crippen LogP) is 3.81. The first-order valence-corrected chi connectivity index (χ1v) is 7.02. The summed E-state index contributed by atoms with van der Waals surface area (Å²) in [4.78, 5) is 12.0. The van der Waals surface area contributed by atoms with E-state index < -0.39 is 17.8 Å². The molecule has 1 amide bonds. The molecule has 0 fully saturated rings. The molecular formula is C15H21F3N2O. The summed E-state index contributed by atoms with van der Waals surface area (Å²) in [6.45, 7) is 5.79. The Morgan fingerprint density at radius 3 is 2.10 bits per heavy atom. The molecule has 0 heterocycles. The molecule has 1 aromatic rings. The van der Waals surface area contributed by atoms with Crippen LogP contribution in [0.25, 0.3) is 0 Å². The first kappa shape index (κ1) is 17.5. The van der Waals surface area contributed by atoms with Gasteiger partial charge in [0.15, 0.2) is 0 Å². The van der Waals surface area contributed by atoms with Crippen molar-refractivity contribution in [3.63, 3.8) is 0 Å². The van der Waals surface area contributed by atoms with Gasteiger partial charge in [-0.15, -0.1) is 0 Å². The molecule has 0 bridgehead atoms. The second-order valence-electron chi connectivity index (χ2n) is 4.97. The van der Waals surface area contributed by atoms with Crippen LogP contribution in [-0.4, -0.2) is 18.0 Å². The molecule has 21 heavy (non-hydrogen) atoms. The normalized spacial score (nSPS) is 13.3. The molecular weight excluding hydrogens is 281 g/mol. The molecule has 0 saturated carbocycles. The third kappa shape index (κ3) is 5.38. The van der Waals surface area contributed by atoms with Crippen molar-refractivity contribution < 1.29 is 18.0 Å². The van der Waals surface area contributed by atoms with E-state index >= 15 is 0 Å². The number of nitrogens with one attached hydrogen (secondary N) is 2. The fourth-order valence-corrected chi connectivity index (χ4v) is 1.95. The Morgan fingerprint density at radius 1 is 1.14 bits per heavy atom. The van der Waals surface area contributed by atoms with Crippen molar-refractivity contribution in [1.82, 2.24) is 5.32 Å². The highest BCUT2D eigenvalue weighted by atomic mass is 19.4. The molecule has 1 aromatic carbocycles. The van der Waals surface area contributed by atoms with Gasteiger partial charge in [0.2, 0.25) is 5.91 Å². The minimum atomic E-state index is -4.37. The maximum atomic E-state index is 12.4. The lowest BCUT2D eigenvalue weighted by molar-refractivity contribution is -0.137. The molecule has 6 heteroatoms. The monoisotopic (exact) mass is 302 g/mol. The number of anilines is 1. The van der Waals surface area contributed by atoms with Crippen molar-refractivity contribution in [1.29, 1.82) is 0 Å². The topological polar surface area (TPSA) is 41.1 Å². The Morgan fingerprint density at radius 2 is 1.67 bits per heavy atom. The van der Waals surface area contributed by atoms with Crippen LogP contribution >= 0.6 is 0 Å². The van der Waals surface area contributed by atoms with E-state index in [9.17, 15) is 18.0 Å². The van der Waals surface area contributed by atoms with E-state index in [0.717, 1.165) is 25.0 Å². The van der Waals surface area contributed by atoms with E-state index in [1.165, 1.54) is 12.1 Å². The van der Waals surface area contributed by atoms with E-state index in [2.05, 4.69) is 10.6 Å². The number of hydrogen-bond acceptors (Lipinski definition) is 2. The van der Waals surface area contributed by atoms with Gasteiger partial charge in [0.1, 0.15) is 0 Å². The average Bonchev–Trinajstić information content (AvgIpc) is 2.44. The summed E-state index contributed by atoms with van der Waals surface area (Å²) in [6, 6.07) is 4.26. The zero-order valence-electron chi connectivity index (χ0n) is 12.4. The molecule has 1 rings (SSSR count). The van der Waals surface area contributed by atoms with Crippen molar-refractivity contribution in [2.75, 3.05) is 5.32 Å². The molecule has 1 unspecified atom stereocenters. The Hall–Kier alpha value is -1.56. The van der Waals surface area contributed by atoms with Gasteiger partial charge in [-0.05, 0) is 44.0 Å². The fourth-order valence-electron chi connectivity index (χ4n) is 1.95. The van der Waals surface area contributed by atoms with Gasteiger partial charge in [0.05, 0.1) is 11.6 Å². The number of benzene rings is 1. The first-order valence-electron chi connectivity index (χ1n) is 7.02. The molecule has 0 spiro atoms. The smallest absolute Gasteiger partial charge is 0.325 e. The Kier molecular flexibility index (Phi) is 6.20. The van der Waals surface area contributed by atoms with Gasteiger partial charge in [-0.1, -0.05) is 13.8 Å². The molecule has 2 N–H and O–H groups in total. The lowest BCUT2D eigenvalue weighted by Gasteiger charge is -2.20. The highest BCUT2D eigenvalue weighted by molar-refractivity contribution is 5.94. The van der Waals surface area contributed by atoms with E-state index in [1.54, 1.807) is 6.92 Å². The van der Waals surface area contributed by atoms with Crippen molar-refractivity contribution >= 4 is 11.6 Å².